The molecule has 0 spiro atoms. The number of hydrogen-bond acceptors (Lipinski definition) is 3. The maximum Gasteiger partial charge on any atom is 0.0544 e. The Morgan fingerprint density at radius 1 is 1.38 bits per heavy atom. The predicted molar refractivity (Wildman–Crippen MR) is 68.3 cm³/mol. The Morgan fingerprint density at radius 2 is 2.19 bits per heavy atom. The molecule has 1 aromatic rings. The van der Waals surface area contributed by atoms with Gasteiger partial charge in [-0.05, 0) is 32.1 Å². The first kappa shape index (κ1) is 13.1. The first-order valence-electron chi connectivity index (χ1n) is 6.10. The molecule has 0 saturated heterocycles. The van der Waals surface area contributed by atoms with Crippen LogP contribution < -0.4 is 5.32 Å². The highest BCUT2D eigenvalue weighted by Crippen LogP contribution is 2.08. The topological polar surface area (TPSA) is 28.2 Å². The molecule has 0 saturated carbocycles. The molecular formula is C13H23N3. The molecule has 0 fully saturated rings. The second-order valence-corrected chi connectivity index (χ2v) is 4.00. The Bertz CT molecular complexity index is 274. The fourth-order valence-corrected chi connectivity index (χ4v) is 1.97. The standard InChI is InChI=1S/C13H23N3/c1-4-13(10-14-3)16(5-2)11-12-8-6-7-9-15-12/h6-9,13-14H,4-5,10-11H2,1-3H3. The van der Waals surface area contributed by atoms with Crippen LogP contribution in [-0.2, 0) is 6.54 Å². The average molecular weight is 221 g/mol. The molecule has 3 heteroatoms. The summed E-state index contributed by atoms with van der Waals surface area (Å²) < 4.78 is 0. The maximum atomic E-state index is 4.38. The van der Waals surface area contributed by atoms with Gasteiger partial charge in [-0.1, -0.05) is 19.9 Å². The first-order valence-corrected chi connectivity index (χ1v) is 6.10. The van der Waals surface area contributed by atoms with Gasteiger partial charge in [-0.15, -0.1) is 0 Å². The molecule has 0 aliphatic heterocycles. The van der Waals surface area contributed by atoms with Crippen LogP contribution in [0.5, 0.6) is 0 Å². The van der Waals surface area contributed by atoms with E-state index in [9.17, 15) is 0 Å². The van der Waals surface area contributed by atoms with E-state index in [4.69, 9.17) is 0 Å². The van der Waals surface area contributed by atoms with Gasteiger partial charge in [0.15, 0.2) is 0 Å². The van der Waals surface area contributed by atoms with E-state index < -0.39 is 0 Å². The van der Waals surface area contributed by atoms with Gasteiger partial charge in [-0.3, -0.25) is 9.88 Å². The number of nitrogens with one attached hydrogen (secondary N) is 1. The Labute approximate surface area is 98.9 Å². The molecule has 3 nitrogen and oxygen atoms in total. The smallest absolute Gasteiger partial charge is 0.0544 e. The third-order valence-corrected chi connectivity index (χ3v) is 2.92. The lowest BCUT2D eigenvalue weighted by Crippen LogP contribution is -2.40. The summed E-state index contributed by atoms with van der Waals surface area (Å²) in [5, 5.41) is 3.26. The summed E-state index contributed by atoms with van der Waals surface area (Å²) in [5.41, 5.74) is 1.15. The van der Waals surface area contributed by atoms with E-state index in [-0.39, 0.29) is 0 Å². The second-order valence-electron chi connectivity index (χ2n) is 4.00. The number of aromatic nitrogens is 1. The van der Waals surface area contributed by atoms with E-state index in [1.54, 1.807) is 0 Å². The van der Waals surface area contributed by atoms with Crippen molar-refractivity contribution in [1.29, 1.82) is 0 Å². The Balaban J connectivity index is 2.60. The van der Waals surface area contributed by atoms with E-state index >= 15 is 0 Å². The quantitative estimate of drug-likeness (QED) is 0.762. The minimum absolute atomic E-state index is 0.594. The van der Waals surface area contributed by atoms with Gasteiger partial charge in [0.1, 0.15) is 0 Å². The first-order chi connectivity index (χ1) is 7.81. The highest BCUT2D eigenvalue weighted by molar-refractivity contribution is 5.03. The number of pyridine rings is 1. The van der Waals surface area contributed by atoms with E-state index in [2.05, 4.69) is 41.2 Å². The van der Waals surface area contributed by atoms with Crippen molar-refractivity contribution in [1.82, 2.24) is 15.2 Å². The lowest BCUT2D eigenvalue weighted by Gasteiger charge is -2.29. The number of nitrogens with zero attached hydrogens (tertiary/aromatic N) is 2. The van der Waals surface area contributed by atoms with Crippen LogP contribution in [-0.4, -0.2) is 36.1 Å². The Kier molecular flexibility index (Phi) is 6.04. The van der Waals surface area contributed by atoms with Crippen LogP contribution in [0.3, 0.4) is 0 Å². The van der Waals surface area contributed by atoms with Crippen LogP contribution in [0, 0.1) is 0 Å². The van der Waals surface area contributed by atoms with Crippen LogP contribution in [0.2, 0.25) is 0 Å². The van der Waals surface area contributed by atoms with Crippen LogP contribution in [0.25, 0.3) is 0 Å². The van der Waals surface area contributed by atoms with Crippen LogP contribution in [0.1, 0.15) is 26.0 Å². The molecule has 0 aliphatic carbocycles. The van der Waals surface area contributed by atoms with Gasteiger partial charge in [0, 0.05) is 25.3 Å². The van der Waals surface area contributed by atoms with Gasteiger partial charge in [-0.2, -0.15) is 0 Å². The van der Waals surface area contributed by atoms with E-state index in [0.717, 1.165) is 25.3 Å². The normalized spacial score (nSPS) is 13.0. The van der Waals surface area contributed by atoms with E-state index in [1.807, 2.05) is 19.3 Å². The fourth-order valence-electron chi connectivity index (χ4n) is 1.97. The van der Waals surface area contributed by atoms with Crippen LogP contribution in [0.4, 0.5) is 0 Å². The summed E-state index contributed by atoms with van der Waals surface area (Å²) in [5.74, 6) is 0. The van der Waals surface area contributed by atoms with E-state index in [1.165, 1.54) is 6.42 Å². The number of hydrogen-bond donors (Lipinski definition) is 1. The molecule has 1 rings (SSSR count). The SMILES string of the molecule is CCC(CNC)N(CC)Cc1ccccn1. The number of likely N-dealkylation sites (N-methyl/N-ethyl adjacent to an activating group) is 2. The lowest BCUT2D eigenvalue weighted by atomic mass is 10.1. The summed E-state index contributed by atoms with van der Waals surface area (Å²) in [6, 6.07) is 6.70. The molecule has 1 unspecified atom stereocenters. The van der Waals surface area contributed by atoms with Crippen molar-refractivity contribution in [2.24, 2.45) is 0 Å². The van der Waals surface area contributed by atoms with Crippen LogP contribution >= 0.6 is 0 Å². The van der Waals surface area contributed by atoms with Crippen molar-refractivity contribution >= 4 is 0 Å². The van der Waals surface area contributed by atoms with Gasteiger partial charge in [0.25, 0.3) is 0 Å². The van der Waals surface area contributed by atoms with Gasteiger partial charge < -0.3 is 5.32 Å². The highest BCUT2D eigenvalue weighted by Gasteiger charge is 2.14. The molecular weight excluding hydrogens is 198 g/mol. The van der Waals surface area contributed by atoms with Gasteiger partial charge >= 0.3 is 0 Å². The summed E-state index contributed by atoms with van der Waals surface area (Å²) in [7, 11) is 2.01. The zero-order chi connectivity index (χ0) is 11.8. The highest BCUT2D eigenvalue weighted by atomic mass is 15.2. The van der Waals surface area contributed by atoms with Crippen molar-refractivity contribution in [2.45, 2.75) is 32.9 Å². The van der Waals surface area contributed by atoms with Crippen molar-refractivity contribution in [2.75, 3.05) is 20.1 Å². The average Bonchev–Trinajstić information content (AvgIpc) is 2.35. The predicted octanol–water partition coefficient (Wildman–Crippen LogP) is 1.90. The molecule has 0 aromatic carbocycles. The third kappa shape index (κ3) is 3.91. The molecule has 1 heterocycles. The third-order valence-electron chi connectivity index (χ3n) is 2.92. The molecule has 0 amide bonds. The Morgan fingerprint density at radius 3 is 2.69 bits per heavy atom. The molecule has 0 aliphatic rings. The summed E-state index contributed by atoms with van der Waals surface area (Å²) in [6.45, 7) is 7.50. The van der Waals surface area contributed by atoms with E-state index in [0.29, 0.717) is 6.04 Å². The maximum absolute atomic E-state index is 4.38. The molecule has 0 radical (unpaired) electrons. The van der Waals surface area contributed by atoms with Crippen molar-refractivity contribution in [3.63, 3.8) is 0 Å². The van der Waals surface area contributed by atoms with Crippen molar-refractivity contribution < 1.29 is 0 Å². The Hall–Kier alpha value is -0.930. The molecule has 1 atom stereocenters. The molecule has 16 heavy (non-hydrogen) atoms. The van der Waals surface area contributed by atoms with Gasteiger partial charge in [0.2, 0.25) is 0 Å². The fraction of sp³-hybridized carbons (Fsp3) is 0.615. The molecule has 1 N–H and O–H groups in total. The minimum atomic E-state index is 0.594. The monoisotopic (exact) mass is 221 g/mol. The zero-order valence-corrected chi connectivity index (χ0v) is 10.6. The molecule has 0 bridgehead atoms. The summed E-state index contributed by atoms with van der Waals surface area (Å²) in [4.78, 5) is 6.85. The van der Waals surface area contributed by atoms with Crippen molar-refractivity contribution in [3.8, 4) is 0 Å². The summed E-state index contributed by atoms with van der Waals surface area (Å²) in [6.07, 6.45) is 3.03. The second kappa shape index (κ2) is 7.36. The van der Waals surface area contributed by atoms with Gasteiger partial charge in [-0.25, -0.2) is 0 Å². The summed E-state index contributed by atoms with van der Waals surface area (Å²) >= 11 is 0. The largest absolute Gasteiger partial charge is 0.318 e. The lowest BCUT2D eigenvalue weighted by molar-refractivity contribution is 0.187. The van der Waals surface area contributed by atoms with Gasteiger partial charge in [0.05, 0.1) is 5.69 Å². The zero-order valence-electron chi connectivity index (χ0n) is 10.6. The minimum Gasteiger partial charge on any atom is -0.318 e. The molecule has 1 aromatic heterocycles. The van der Waals surface area contributed by atoms with Crippen LogP contribution in [0.15, 0.2) is 24.4 Å². The molecule has 90 valence electrons. The van der Waals surface area contributed by atoms with Crippen molar-refractivity contribution in [3.05, 3.63) is 30.1 Å². The number of rotatable bonds is 7.